The van der Waals surface area contributed by atoms with Gasteiger partial charge in [0.25, 0.3) is 0 Å². The van der Waals surface area contributed by atoms with Crippen molar-refractivity contribution in [1.82, 2.24) is 0 Å². The van der Waals surface area contributed by atoms with Crippen LogP contribution in [-0.2, 0) is 11.2 Å². The fourth-order valence-electron chi connectivity index (χ4n) is 2.84. The Labute approximate surface area is 109 Å². The standard InChI is InChI=1S/C15H24O3/c1-14(2)5-7-15(17-3,8-6-14)13(16)10-12-4-9-18-11-12/h4,9,11,13,16H,5-8,10H2,1-3H3. The zero-order chi connectivity index (χ0) is 13.2. The van der Waals surface area contributed by atoms with Crippen molar-refractivity contribution in [2.75, 3.05) is 7.11 Å². The summed E-state index contributed by atoms with van der Waals surface area (Å²) in [4.78, 5) is 0. The van der Waals surface area contributed by atoms with Crippen LogP contribution in [0.2, 0.25) is 0 Å². The minimum atomic E-state index is -0.462. The summed E-state index contributed by atoms with van der Waals surface area (Å²) in [6.45, 7) is 4.57. The first-order valence-corrected chi connectivity index (χ1v) is 6.72. The lowest BCUT2D eigenvalue weighted by atomic mass is 9.68. The van der Waals surface area contributed by atoms with E-state index in [1.807, 2.05) is 6.07 Å². The van der Waals surface area contributed by atoms with Gasteiger partial charge in [0.15, 0.2) is 0 Å². The molecule has 2 rings (SSSR count). The highest BCUT2D eigenvalue weighted by molar-refractivity contribution is 5.09. The van der Waals surface area contributed by atoms with E-state index in [1.165, 1.54) is 0 Å². The summed E-state index contributed by atoms with van der Waals surface area (Å²) in [6.07, 6.45) is 7.53. The van der Waals surface area contributed by atoms with E-state index in [9.17, 15) is 5.11 Å². The zero-order valence-electron chi connectivity index (χ0n) is 11.6. The topological polar surface area (TPSA) is 42.6 Å². The van der Waals surface area contributed by atoms with Gasteiger partial charge in [0.1, 0.15) is 0 Å². The van der Waals surface area contributed by atoms with Gasteiger partial charge in [-0.25, -0.2) is 0 Å². The predicted molar refractivity (Wildman–Crippen MR) is 70.4 cm³/mol. The first-order valence-electron chi connectivity index (χ1n) is 6.72. The largest absolute Gasteiger partial charge is 0.472 e. The molecule has 0 saturated heterocycles. The van der Waals surface area contributed by atoms with Gasteiger partial charge in [-0.15, -0.1) is 0 Å². The van der Waals surface area contributed by atoms with E-state index in [0.29, 0.717) is 11.8 Å². The quantitative estimate of drug-likeness (QED) is 0.895. The number of rotatable bonds is 4. The molecule has 0 bridgehead atoms. The van der Waals surface area contributed by atoms with Crippen molar-refractivity contribution in [3.05, 3.63) is 24.2 Å². The molecular formula is C15H24O3. The molecule has 0 aromatic carbocycles. The van der Waals surface area contributed by atoms with Crippen LogP contribution in [0, 0.1) is 5.41 Å². The fraction of sp³-hybridized carbons (Fsp3) is 0.733. The molecule has 1 unspecified atom stereocenters. The molecule has 18 heavy (non-hydrogen) atoms. The number of hydrogen-bond donors (Lipinski definition) is 1. The Morgan fingerprint density at radius 2 is 2.00 bits per heavy atom. The molecule has 1 atom stereocenters. The highest BCUT2D eigenvalue weighted by atomic mass is 16.5. The third-order valence-corrected chi connectivity index (χ3v) is 4.47. The number of methoxy groups -OCH3 is 1. The van der Waals surface area contributed by atoms with Crippen LogP contribution >= 0.6 is 0 Å². The Morgan fingerprint density at radius 3 is 2.50 bits per heavy atom. The summed E-state index contributed by atoms with van der Waals surface area (Å²) >= 11 is 0. The third-order valence-electron chi connectivity index (χ3n) is 4.47. The van der Waals surface area contributed by atoms with Gasteiger partial charge >= 0.3 is 0 Å². The summed E-state index contributed by atoms with van der Waals surface area (Å²) < 4.78 is 10.8. The van der Waals surface area contributed by atoms with Gasteiger partial charge in [-0.3, -0.25) is 0 Å². The summed E-state index contributed by atoms with van der Waals surface area (Å²) in [7, 11) is 1.72. The lowest BCUT2D eigenvalue weighted by Gasteiger charge is -2.45. The molecule has 1 aliphatic carbocycles. The number of furan rings is 1. The maximum absolute atomic E-state index is 10.5. The zero-order valence-corrected chi connectivity index (χ0v) is 11.6. The second-order valence-electron chi connectivity index (χ2n) is 6.28. The average molecular weight is 252 g/mol. The smallest absolute Gasteiger partial charge is 0.0940 e. The molecule has 102 valence electrons. The molecule has 1 saturated carbocycles. The minimum Gasteiger partial charge on any atom is -0.472 e. The van der Waals surface area contributed by atoms with Gasteiger partial charge in [0.2, 0.25) is 0 Å². The Hall–Kier alpha value is -0.800. The normalized spacial score (nSPS) is 23.8. The fourth-order valence-corrected chi connectivity index (χ4v) is 2.84. The molecule has 0 aliphatic heterocycles. The predicted octanol–water partition coefficient (Wildman–Crippen LogP) is 3.17. The van der Waals surface area contributed by atoms with Crippen LogP contribution < -0.4 is 0 Å². The SMILES string of the molecule is COC1(C(O)Cc2ccoc2)CCC(C)(C)CC1. The van der Waals surface area contributed by atoms with Crippen LogP contribution in [0.4, 0.5) is 0 Å². The Bertz CT molecular complexity index is 357. The van der Waals surface area contributed by atoms with Gasteiger partial charge in [0, 0.05) is 13.5 Å². The lowest BCUT2D eigenvalue weighted by molar-refractivity contribution is -0.135. The maximum atomic E-state index is 10.5. The lowest BCUT2D eigenvalue weighted by Crippen LogP contribution is -2.49. The maximum Gasteiger partial charge on any atom is 0.0940 e. The Morgan fingerprint density at radius 1 is 1.33 bits per heavy atom. The molecule has 0 spiro atoms. The number of ether oxygens (including phenoxy) is 1. The number of aliphatic hydroxyl groups is 1. The molecule has 1 aliphatic rings. The van der Waals surface area contributed by atoms with Crippen molar-refractivity contribution in [2.24, 2.45) is 5.41 Å². The van der Waals surface area contributed by atoms with Gasteiger partial charge in [-0.05, 0) is 42.7 Å². The van der Waals surface area contributed by atoms with Gasteiger partial charge < -0.3 is 14.3 Å². The average Bonchev–Trinajstić information content (AvgIpc) is 2.82. The highest BCUT2D eigenvalue weighted by Gasteiger charge is 2.43. The van der Waals surface area contributed by atoms with E-state index in [-0.39, 0.29) is 5.60 Å². The second kappa shape index (κ2) is 5.06. The molecule has 1 aromatic heterocycles. The molecule has 1 fully saturated rings. The Kier molecular flexibility index (Phi) is 3.83. The van der Waals surface area contributed by atoms with E-state index >= 15 is 0 Å². The van der Waals surface area contributed by atoms with E-state index < -0.39 is 6.10 Å². The first kappa shape index (κ1) is 13.6. The van der Waals surface area contributed by atoms with Crippen LogP contribution in [0.15, 0.2) is 23.0 Å². The molecule has 3 heteroatoms. The highest BCUT2D eigenvalue weighted by Crippen LogP contribution is 2.43. The number of aliphatic hydroxyl groups excluding tert-OH is 1. The van der Waals surface area contributed by atoms with Crippen LogP contribution in [-0.4, -0.2) is 23.9 Å². The first-order chi connectivity index (χ1) is 8.47. The van der Waals surface area contributed by atoms with Crippen LogP contribution in [0.1, 0.15) is 45.1 Å². The summed E-state index contributed by atoms with van der Waals surface area (Å²) in [6, 6.07) is 1.90. The van der Waals surface area contributed by atoms with Crippen LogP contribution in [0.3, 0.4) is 0 Å². The molecular weight excluding hydrogens is 228 g/mol. The summed E-state index contributed by atoms with van der Waals surface area (Å²) in [5, 5.41) is 10.5. The summed E-state index contributed by atoms with van der Waals surface area (Å²) in [5.41, 5.74) is 1.02. The molecule has 0 amide bonds. The van der Waals surface area contributed by atoms with E-state index in [1.54, 1.807) is 19.6 Å². The van der Waals surface area contributed by atoms with Gasteiger partial charge in [0.05, 0.1) is 24.2 Å². The van der Waals surface area contributed by atoms with E-state index in [2.05, 4.69) is 13.8 Å². The van der Waals surface area contributed by atoms with Crippen molar-refractivity contribution in [1.29, 1.82) is 0 Å². The van der Waals surface area contributed by atoms with Crippen molar-refractivity contribution in [3.8, 4) is 0 Å². The molecule has 1 N–H and O–H groups in total. The van der Waals surface area contributed by atoms with Crippen LogP contribution in [0.5, 0.6) is 0 Å². The number of hydrogen-bond acceptors (Lipinski definition) is 3. The van der Waals surface area contributed by atoms with E-state index in [0.717, 1.165) is 31.2 Å². The van der Waals surface area contributed by atoms with Crippen LogP contribution in [0.25, 0.3) is 0 Å². The van der Waals surface area contributed by atoms with Crippen molar-refractivity contribution < 1.29 is 14.3 Å². The molecule has 3 nitrogen and oxygen atoms in total. The van der Waals surface area contributed by atoms with E-state index in [4.69, 9.17) is 9.15 Å². The minimum absolute atomic E-state index is 0.372. The monoisotopic (exact) mass is 252 g/mol. The van der Waals surface area contributed by atoms with Crippen molar-refractivity contribution >= 4 is 0 Å². The molecule has 0 radical (unpaired) electrons. The second-order valence-corrected chi connectivity index (χ2v) is 6.28. The van der Waals surface area contributed by atoms with Crippen molar-refractivity contribution in [2.45, 2.75) is 57.7 Å². The van der Waals surface area contributed by atoms with Gasteiger partial charge in [-0.2, -0.15) is 0 Å². The third kappa shape index (κ3) is 2.78. The van der Waals surface area contributed by atoms with Crippen molar-refractivity contribution in [3.63, 3.8) is 0 Å². The van der Waals surface area contributed by atoms with Gasteiger partial charge in [-0.1, -0.05) is 13.8 Å². The molecule has 1 aromatic rings. The summed E-state index contributed by atoms with van der Waals surface area (Å²) in [5.74, 6) is 0. The Balaban J connectivity index is 2.03. The molecule has 1 heterocycles.